The number of aryl methyl sites for hydroxylation is 1. The van der Waals surface area contributed by atoms with E-state index in [1.54, 1.807) is 0 Å². The Balaban J connectivity index is 2.37. The van der Waals surface area contributed by atoms with Gasteiger partial charge in [0.1, 0.15) is 0 Å². The number of nitrogens with one attached hydrogen (secondary N) is 1. The van der Waals surface area contributed by atoms with Crippen LogP contribution in [0.5, 0.6) is 0 Å². The van der Waals surface area contributed by atoms with E-state index in [1.165, 1.54) is 11.1 Å². The molecule has 0 saturated heterocycles. The first-order chi connectivity index (χ1) is 7.26. The molecule has 0 heterocycles. The van der Waals surface area contributed by atoms with Crippen molar-refractivity contribution in [1.29, 1.82) is 0 Å². The number of aliphatic hydroxyl groups is 1. The van der Waals surface area contributed by atoms with Gasteiger partial charge in [0, 0.05) is 19.6 Å². The van der Waals surface area contributed by atoms with Gasteiger partial charge in [0.15, 0.2) is 0 Å². The van der Waals surface area contributed by atoms with Crippen LogP contribution in [0.25, 0.3) is 0 Å². The highest BCUT2D eigenvalue weighted by Crippen LogP contribution is 2.05. The van der Waals surface area contributed by atoms with Crippen LogP contribution in [0.15, 0.2) is 24.3 Å². The van der Waals surface area contributed by atoms with Crippen LogP contribution < -0.4 is 11.1 Å². The van der Waals surface area contributed by atoms with Crippen molar-refractivity contribution in [1.82, 2.24) is 5.32 Å². The van der Waals surface area contributed by atoms with E-state index >= 15 is 0 Å². The molecule has 3 nitrogen and oxygen atoms in total. The summed E-state index contributed by atoms with van der Waals surface area (Å²) in [4.78, 5) is 0. The molecule has 1 aromatic rings. The number of hydrogen-bond acceptors (Lipinski definition) is 3. The van der Waals surface area contributed by atoms with Gasteiger partial charge in [-0.15, -0.1) is 0 Å². The van der Waals surface area contributed by atoms with Crippen molar-refractivity contribution in [3.8, 4) is 0 Å². The fourth-order valence-corrected chi connectivity index (χ4v) is 1.43. The average molecular weight is 208 g/mol. The average Bonchev–Trinajstić information content (AvgIpc) is 2.29. The molecule has 0 saturated carbocycles. The molecule has 1 atom stereocenters. The molecule has 4 N–H and O–H groups in total. The van der Waals surface area contributed by atoms with Crippen LogP contribution in [0.1, 0.15) is 18.1 Å². The van der Waals surface area contributed by atoms with Gasteiger partial charge in [-0.25, -0.2) is 0 Å². The van der Waals surface area contributed by atoms with E-state index in [1.807, 2.05) is 0 Å². The van der Waals surface area contributed by atoms with Gasteiger partial charge in [0.25, 0.3) is 0 Å². The first-order valence-electron chi connectivity index (χ1n) is 5.43. The third kappa shape index (κ3) is 4.42. The van der Waals surface area contributed by atoms with Gasteiger partial charge < -0.3 is 16.2 Å². The summed E-state index contributed by atoms with van der Waals surface area (Å²) < 4.78 is 0. The molecule has 0 aliphatic heterocycles. The van der Waals surface area contributed by atoms with Crippen molar-refractivity contribution < 1.29 is 5.11 Å². The summed E-state index contributed by atoms with van der Waals surface area (Å²) in [5.74, 6) is 0. The molecule has 0 unspecified atom stereocenters. The number of nitrogens with two attached hydrogens (primary N) is 1. The van der Waals surface area contributed by atoms with Gasteiger partial charge in [0.05, 0.1) is 6.10 Å². The fraction of sp³-hybridized carbons (Fsp3) is 0.500. The quantitative estimate of drug-likeness (QED) is 0.643. The first-order valence-corrected chi connectivity index (χ1v) is 5.43. The molecule has 0 aliphatic rings. The summed E-state index contributed by atoms with van der Waals surface area (Å²) in [6.07, 6.45) is 0.610. The van der Waals surface area contributed by atoms with E-state index in [2.05, 4.69) is 36.5 Å². The zero-order chi connectivity index (χ0) is 11.1. The van der Waals surface area contributed by atoms with Crippen LogP contribution in [0.2, 0.25) is 0 Å². The summed E-state index contributed by atoms with van der Waals surface area (Å²) in [5, 5.41) is 12.4. The molecule has 0 radical (unpaired) electrons. The minimum Gasteiger partial charge on any atom is -0.390 e. The van der Waals surface area contributed by atoms with Gasteiger partial charge in [-0.1, -0.05) is 31.2 Å². The Labute approximate surface area is 91.3 Å². The molecule has 0 fully saturated rings. The zero-order valence-corrected chi connectivity index (χ0v) is 9.24. The second-order valence-electron chi connectivity index (χ2n) is 3.69. The maximum absolute atomic E-state index is 9.25. The van der Waals surface area contributed by atoms with Gasteiger partial charge in [-0.2, -0.15) is 0 Å². The standard InChI is InChI=1S/C12H20N2O/c1-2-10-4-3-5-11(6-10)8-14-9-12(15)7-13/h3-6,12,14-15H,2,7-9,13H2,1H3/t12-/m0/s1. The lowest BCUT2D eigenvalue weighted by Gasteiger charge is -2.09. The largest absolute Gasteiger partial charge is 0.390 e. The van der Waals surface area contributed by atoms with Gasteiger partial charge >= 0.3 is 0 Å². The van der Waals surface area contributed by atoms with Gasteiger partial charge in [-0.05, 0) is 17.5 Å². The van der Waals surface area contributed by atoms with Crippen LogP contribution in [0, 0.1) is 0 Å². The Morgan fingerprint density at radius 3 is 2.80 bits per heavy atom. The third-order valence-corrected chi connectivity index (χ3v) is 2.38. The van der Waals surface area contributed by atoms with E-state index in [0.717, 1.165) is 13.0 Å². The normalized spacial score (nSPS) is 12.7. The summed E-state index contributed by atoms with van der Waals surface area (Å²) >= 11 is 0. The number of hydrogen-bond donors (Lipinski definition) is 3. The number of benzene rings is 1. The fourth-order valence-electron chi connectivity index (χ4n) is 1.43. The lowest BCUT2D eigenvalue weighted by molar-refractivity contribution is 0.179. The summed E-state index contributed by atoms with van der Waals surface area (Å²) in [6, 6.07) is 8.45. The summed E-state index contributed by atoms with van der Waals surface area (Å²) in [7, 11) is 0. The Kier molecular flexibility index (Phi) is 5.32. The van der Waals surface area contributed by atoms with Gasteiger partial charge in [0.2, 0.25) is 0 Å². The molecular weight excluding hydrogens is 188 g/mol. The summed E-state index contributed by atoms with van der Waals surface area (Å²) in [6.45, 7) is 3.78. The molecule has 0 aliphatic carbocycles. The van der Waals surface area contributed by atoms with E-state index in [9.17, 15) is 5.11 Å². The van der Waals surface area contributed by atoms with Crippen molar-refractivity contribution in [2.75, 3.05) is 13.1 Å². The molecule has 15 heavy (non-hydrogen) atoms. The van der Waals surface area contributed by atoms with E-state index in [0.29, 0.717) is 13.1 Å². The Hall–Kier alpha value is -0.900. The van der Waals surface area contributed by atoms with Crippen LogP contribution >= 0.6 is 0 Å². The molecule has 3 heteroatoms. The minimum atomic E-state index is -0.445. The molecule has 0 aromatic heterocycles. The van der Waals surface area contributed by atoms with E-state index < -0.39 is 6.10 Å². The molecule has 1 aromatic carbocycles. The second kappa shape index (κ2) is 6.56. The Morgan fingerprint density at radius 1 is 1.40 bits per heavy atom. The van der Waals surface area contributed by atoms with Crippen molar-refractivity contribution in [2.45, 2.75) is 26.0 Å². The lowest BCUT2D eigenvalue weighted by atomic mass is 10.1. The second-order valence-corrected chi connectivity index (χ2v) is 3.69. The highest BCUT2D eigenvalue weighted by molar-refractivity contribution is 5.23. The zero-order valence-electron chi connectivity index (χ0n) is 9.24. The Morgan fingerprint density at radius 2 is 2.13 bits per heavy atom. The van der Waals surface area contributed by atoms with E-state index in [-0.39, 0.29) is 0 Å². The molecule has 0 spiro atoms. The maximum Gasteiger partial charge on any atom is 0.0786 e. The highest BCUT2D eigenvalue weighted by Gasteiger charge is 2.00. The SMILES string of the molecule is CCc1cccc(CNC[C@@H](O)CN)c1. The molecule has 0 bridgehead atoms. The topological polar surface area (TPSA) is 58.3 Å². The van der Waals surface area contributed by atoms with Crippen LogP contribution in [0.3, 0.4) is 0 Å². The van der Waals surface area contributed by atoms with Crippen molar-refractivity contribution in [2.24, 2.45) is 5.73 Å². The lowest BCUT2D eigenvalue weighted by Crippen LogP contribution is -2.32. The van der Waals surface area contributed by atoms with E-state index in [4.69, 9.17) is 5.73 Å². The molecule has 1 rings (SSSR count). The third-order valence-electron chi connectivity index (χ3n) is 2.38. The predicted molar refractivity (Wildman–Crippen MR) is 62.6 cm³/mol. The molecular formula is C12H20N2O. The molecule has 0 amide bonds. The van der Waals surface area contributed by atoms with Crippen molar-refractivity contribution >= 4 is 0 Å². The number of aliphatic hydroxyl groups excluding tert-OH is 1. The van der Waals surface area contributed by atoms with Crippen LogP contribution in [0.4, 0.5) is 0 Å². The predicted octanol–water partition coefficient (Wildman–Crippen LogP) is 0.658. The first kappa shape index (κ1) is 12.2. The van der Waals surface area contributed by atoms with Crippen molar-refractivity contribution in [3.63, 3.8) is 0 Å². The summed E-state index contributed by atoms with van der Waals surface area (Å²) in [5.41, 5.74) is 7.90. The maximum atomic E-state index is 9.25. The van der Waals surface area contributed by atoms with Crippen LogP contribution in [-0.4, -0.2) is 24.3 Å². The van der Waals surface area contributed by atoms with Gasteiger partial charge in [-0.3, -0.25) is 0 Å². The van der Waals surface area contributed by atoms with Crippen molar-refractivity contribution in [3.05, 3.63) is 35.4 Å². The monoisotopic (exact) mass is 208 g/mol. The van der Waals surface area contributed by atoms with Crippen LogP contribution in [-0.2, 0) is 13.0 Å². The smallest absolute Gasteiger partial charge is 0.0786 e. The Bertz CT molecular complexity index is 289. The number of rotatable bonds is 6. The highest BCUT2D eigenvalue weighted by atomic mass is 16.3. The molecule has 84 valence electrons. The minimum absolute atomic E-state index is 0.308.